The van der Waals surface area contributed by atoms with Crippen molar-refractivity contribution in [1.82, 2.24) is 10.2 Å². The molecule has 8 heteroatoms. The lowest BCUT2D eigenvalue weighted by Crippen LogP contribution is -2.52. The molecule has 1 rings (SSSR count). The number of β-amino-alcohol motifs (C(OH)–C–C–N with tert-alkyl or cyclic N) is 1. The SMILES string of the molecule is C=CCCCCC[C@@H](NC(=O)OC(C)(C)C)C(=O)N1C[C@@H](O)C[C@H]1C(=O)OC. The van der Waals surface area contributed by atoms with Crippen molar-refractivity contribution in [1.29, 1.82) is 0 Å². The molecule has 160 valence electrons. The molecular weight excluding hydrogens is 364 g/mol. The maximum absolute atomic E-state index is 13.1. The lowest BCUT2D eigenvalue weighted by molar-refractivity contribution is -0.151. The van der Waals surface area contributed by atoms with Crippen LogP contribution in [0, 0.1) is 0 Å². The van der Waals surface area contributed by atoms with Gasteiger partial charge in [0.15, 0.2) is 0 Å². The van der Waals surface area contributed by atoms with Gasteiger partial charge in [-0.15, -0.1) is 6.58 Å². The van der Waals surface area contributed by atoms with E-state index in [4.69, 9.17) is 9.47 Å². The Morgan fingerprint density at radius 1 is 1.29 bits per heavy atom. The van der Waals surface area contributed by atoms with Crippen molar-refractivity contribution in [2.75, 3.05) is 13.7 Å². The van der Waals surface area contributed by atoms with Gasteiger partial charge in [0.25, 0.3) is 0 Å². The summed E-state index contributed by atoms with van der Waals surface area (Å²) in [6, 6.07) is -1.69. The molecule has 0 aromatic carbocycles. The summed E-state index contributed by atoms with van der Waals surface area (Å²) in [6.45, 7) is 8.93. The number of hydrogen-bond donors (Lipinski definition) is 2. The molecule has 3 atom stereocenters. The number of amides is 2. The fourth-order valence-corrected chi connectivity index (χ4v) is 3.14. The summed E-state index contributed by atoms with van der Waals surface area (Å²) in [5, 5.41) is 12.6. The van der Waals surface area contributed by atoms with E-state index in [0.717, 1.165) is 25.7 Å². The molecule has 28 heavy (non-hydrogen) atoms. The second kappa shape index (κ2) is 11.0. The van der Waals surface area contributed by atoms with Crippen LogP contribution in [0.3, 0.4) is 0 Å². The third-order valence-corrected chi connectivity index (χ3v) is 4.43. The number of carbonyl (C=O) groups excluding carboxylic acids is 3. The zero-order valence-corrected chi connectivity index (χ0v) is 17.4. The molecule has 0 saturated carbocycles. The molecule has 0 aromatic heterocycles. The number of hydrogen-bond acceptors (Lipinski definition) is 6. The van der Waals surface area contributed by atoms with Crippen molar-refractivity contribution in [3.05, 3.63) is 12.7 Å². The summed E-state index contributed by atoms with van der Waals surface area (Å²) >= 11 is 0. The van der Waals surface area contributed by atoms with Gasteiger partial charge in [-0.1, -0.05) is 18.9 Å². The minimum atomic E-state index is -0.851. The predicted octanol–water partition coefficient (Wildman–Crippen LogP) is 2.15. The summed E-state index contributed by atoms with van der Waals surface area (Å²) in [6.07, 6.45) is 4.33. The topological polar surface area (TPSA) is 105 Å². The van der Waals surface area contributed by atoms with Gasteiger partial charge >= 0.3 is 12.1 Å². The summed E-state index contributed by atoms with van der Waals surface area (Å²) in [5.74, 6) is -0.992. The first kappa shape index (κ1) is 23.9. The second-order valence-corrected chi connectivity index (χ2v) is 8.04. The number of esters is 1. The highest BCUT2D eigenvalue weighted by atomic mass is 16.6. The maximum Gasteiger partial charge on any atom is 0.408 e. The van der Waals surface area contributed by atoms with Crippen LogP contribution in [0.25, 0.3) is 0 Å². The van der Waals surface area contributed by atoms with E-state index in [0.29, 0.717) is 6.42 Å². The first-order chi connectivity index (χ1) is 13.1. The zero-order chi connectivity index (χ0) is 21.3. The Hall–Kier alpha value is -2.09. The average molecular weight is 399 g/mol. The second-order valence-electron chi connectivity index (χ2n) is 8.04. The quantitative estimate of drug-likeness (QED) is 0.350. The minimum absolute atomic E-state index is 0.0293. The van der Waals surface area contributed by atoms with Crippen molar-refractivity contribution < 1.29 is 29.0 Å². The van der Waals surface area contributed by atoms with Gasteiger partial charge in [-0.3, -0.25) is 4.79 Å². The fourth-order valence-electron chi connectivity index (χ4n) is 3.14. The van der Waals surface area contributed by atoms with Gasteiger partial charge < -0.3 is 24.8 Å². The van der Waals surface area contributed by atoms with Crippen molar-refractivity contribution in [2.24, 2.45) is 0 Å². The van der Waals surface area contributed by atoms with Gasteiger partial charge in [-0.05, 0) is 40.0 Å². The summed E-state index contributed by atoms with van der Waals surface area (Å²) in [4.78, 5) is 38.5. The number of unbranched alkanes of at least 4 members (excludes halogenated alkanes) is 3. The Kier molecular flexibility index (Phi) is 9.45. The largest absolute Gasteiger partial charge is 0.467 e. The smallest absolute Gasteiger partial charge is 0.408 e. The maximum atomic E-state index is 13.1. The van der Waals surface area contributed by atoms with Crippen LogP contribution in [0.2, 0.25) is 0 Å². The van der Waals surface area contributed by atoms with Crippen molar-refractivity contribution in [3.63, 3.8) is 0 Å². The first-order valence-electron chi connectivity index (χ1n) is 9.75. The van der Waals surface area contributed by atoms with Crippen LogP contribution in [0.4, 0.5) is 4.79 Å². The van der Waals surface area contributed by atoms with Crippen LogP contribution in [0.5, 0.6) is 0 Å². The van der Waals surface area contributed by atoms with Crippen LogP contribution in [0.15, 0.2) is 12.7 Å². The Balaban J connectivity index is 2.85. The molecule has 1 fully saturated rings. The van der Waals surface area contributed by atoms with Crippen LogP contribution in [-0.4, -0.2) is 65.4 Å². The van der Waals surface area contributed by atoms with Crippen molar-refractivity contribution in [3.8, 4) is 0 Å². The number of ether oxygens (including phenoxy) is 2. The number of allylic oxidation sites excluding steroid dienone is 1. The molecule has 1 saturated heterocycles. The van der Waals surface area contributed by atoms with Gasteiger partial charge in [0.1, 0.15) is 17.7 Å². The van der Waals surface area contributed by atoms with Crippen LogP contribution in [0.1, 0.15) is 59.3 Å². The number of nitrogens with one attached hydrogen (secondary N) is 1. The molecule has 0 radical (unpaired) electrons. The molecule has 2 N–H and O–H groups in total. The average Bonchev–Trinajstić information content (AvgIpc) is 2.99. The molecule has 1 aliphatic heterocycles. The first-order valence-corrected chi connectivity index (χ1v) is 9.75. The van der Waals surface area contributed by atoms with E-state index < -0.39 is 41.8 Å². The van der Waals surface area contributed by atoms with E-state index in [9.17, 15) is 19.5 Å². The minimum Gasteiger partial charge on any atom is -0.467 e. The molecule has 0 unspecified atom stereocenters. The van der Waals surface area contributed by atoms with E-state index in [-0.39, 0.29) is 13.0 Å². The number of likely N-dealkylation sites (tertiary alicyclic amines) is 1. The molecule has 0 spiro atoms. The highest BCUT2D eigenvalue weighted by molar-refractivity contribution is 5.90. The Labute approximate surface area is 167 Å². The van der Waals surface area contributed by atoms with Crippen LogP contribution in [-0.2, 0) is 19.1 Å². The summed E-state index contributed by atoms with van der Waals surface area (Å²) in [5.41, 5.74) is -0.694. The van der Waals surface area contributed by atoms with Crippen LogP contribution < -0.4 is 5.32 Å². The van der Waals surface area contributed by atoms with E-state index in [1.165, 1.54) is 12.0 Å². The number of aliphatic hydroxyl groups excluding tert-OH is 1. The van der Waals surface area contributed by atoms with Gasteiger partial charge in [-0.2, -0.15) is 0 Å². The van der Waals surface area contributed by atoms with E-state index in [1.807, 2.05) is 6.08 Å². The molecule has 1 aliphatic rings. The number of alkyl carbamates (subject to hydrolysis) is 1. The Morgan fingerprint density at radius 3 is 2.54 bits per heavy atom. The lowest BCUT2D eigenvalue weighted by atomic mass is 10.1. The van der Waals surface area contributed by atoms with E-state index >= 15 is 0 Å². The molecule has 0 aromatic rings. The predicted molar refractivity (Wildman–Crippen MR) is 105 cm³/mol. The number of rotatable bonds is 9. The van der Waals surface area contributed by atoms with Crippen molar-refractivity contribution in [2.45, 2.75) is 83.1 Å². The Morgan fingerprint density at radius 2 is 1.96 bits per heavy atom. The molecular formula is C20H34N2O6. The number of carbonyl (C=O) groups is 3. The van der Waals surface area contributed by atoms with Crippen LogP contribution >= 0.6 is 0 Å². The van der Waals surface area contributed by atoms with Gasteiger partial charge in [-0.25, -0.2) is 9.59 Å². The zero-order valence-electron chi connectivity index (χ0n) is 17.4. The summed E-state index contributed by atoms with van der Waals surface area (Å²) < 4.78 is 10.0. The number of aliphatic hydroxyl groups is 1. The van der Waals surface area contributed by atoms with Crippen molar-refractivity contribution >= 4 is 18.0 Å². The summed E-state index contributed by atoms with van der Waals surface area (Å²) in [7, 11) is 1.24. The van der Waals surface area contributed by atoms with Gasteiger partial charge in [0.2, 0.25) is 5.91 Å². The molecule has 2 amide bonds. The highest BCUT2D eigenvalue weighted by Gasteiger charge is 2.42. The van der Waals surface area contributed by atoms with Gasteiger partial charge in [0, 0.05) is 13.0 Å². The normalized spacial score (nSPS) is 20.4. The molecule has 1 heterocycles. The third kappa shape index (κ3) is 7.88. The number of methoxy groups -OCH3 is 1. The standard InChI is InChI=1S/C20H34N2O6/c1-6-7-8-9-10-11-15(21-19(26)28-20(2,3)4)17(24)22-13-14(23)12-16(22)18(25)27-5/h6,14-16,23H,1,7-13H2,2-5H3,(H,21,26)/t14-,15+,16-/m0/s1. The molecule has 0 bridgehead atoms. The van der Waals surface area contributed by atoms with E-state index in [2.05, 4.69) is 11.9 Å². The monoisotopic (exact) mass is 398 g/mol. The number of nitrogens with zero attached hydrogens (tertiary/aromatic N) is 1. The lowest BCUT2D eigenvalue weighted by Gasteiger charge is -2.28. The third-order valence-electron chi connectivity index (χ3n) is 4.43. The van der Waals surface area contributed by atoms with Gasteiger partial charge in [0.05, 0.1) is 13.2 Å². The molecule has 8 nitrogen and oxygen atoms in total. The Bertz CT molecular complexity index is 557. The molecule has 0 aliphatic carbocycles. The van der Waals surface area contributed by atoms with E-state index in [1.54, 1.807) is 20.8 Å². The fraction of sp³-hybridized carbons (Fsp3) is 0.750. The highest BCUT2D eigenvalue weighted by Crippen LogP contribution is 2.22.